The number of rotatable bonds is 6. The molecule has 1 aromatic rings. The fourth-order valence-corrected chi connectivity index (χ4v) is 2.40. The SMILES string of the molecule is O=C(NCCOCC(F)(F)F)C1(c2ccc(Br)cc2)CC1. The number of hydrogen-bond donors (Lipinski definition) is 1. The Morgan fingerprint density at radius 2 is 1.90 bits per heavy atom. The van der Waals surface area contributed by atoms with E-state index in [2.05, 4.69) is 26.0 Å². The van der Waals surface area contributed by atoms with Gasteiger partial charge in [-0.15, -0.1) is 0 Å². The summed E-state index contributed by atoms with van der Waals surface area (Å²) >= 11 is 3.34. The van der Waals surface area contributed by atoms with Gasteiger partial charge in [-0.25, -0.2) is 0 Å². The zero-order valence-electron chi connectivity index (χ0n) is 11.2. The highest BCUT2D eigenvalue weighted by Gasteiger charge is 2.50. The van der Waals surface area contributed by atoms with Gasteiger partial charge in [0.15, 0.2) is 0 Å². The fraction of sp³-hybridized carbons (Fsp3) is 0.500. The van der Waals surface area contributed by atoms with E-state index in [0.29, 0.717) is 0 Å². The van der Waals surface area contributed by atoms with Crippen LogP contribution in [-0.4, -0.2) is 31.8 Å². The summed E-state index contributed by atoms with van der Waals surface area (Å²) in [7, 11) is 0. The Balaban J connectivity index is 1.79. The van der Waals surface area contributed by atoms with Gasteiger partial charge in [-0.05, 0) is 30.5 Å². The maximum absolute atomic E-state index is 12.2. The van der Waals surface area contributed by atoms with Gasteiger partial charge < -0.3 is 10.1 Å². The summed E-state index contributed by atoms with van der Waals surface area (Å²) in [5.41, 5.74) is 0.407. The van der Waals surface area contributed by atoms with Gasteiger partial charge in [-0.2, -0.15) is 13.2 Å². The first-order chi connectivity index (χ1) is 9.83. The van der Waals surface area contributed by atoms with Crippen molar-refractivity contribution in [1.29, 1.82) is 0 Å². The molecule has 0 atom stereocenters. The first kappa shape index (κ1) is 16.3. The number of halogens is 4. The lowest BCUT2D eigenvalue weighted by Gasteiger charge is -2.16. The second-order valence-electron chi connectivity index (χ2n) is 5.01. The van der Waals surface area contributed by atoms with Gasteiger partial charge in [0, 0.05) is 11.0 Å². The van der Waals surface area contributed by atoms with Crippen molar-refractivity contribution in [2.24, 2.45) is 0 Å². The Morgan fingerprint density at radius 1 is 1.29 bits per heavy atom. The van der Waals surface area contributed by atoms with E-state index in [9.17, 15) is 18.0 Å². The average molecular weight is 366 g/mol. The molecule has 0 heterocycles. The van der Waals surface area contributed by atoms with Crippen molar-refractivity contribution >= 4 is 21.8 Å². The number of carbonyl (C=O) groups excluding carboxylic acids is 1. The van der Waals surface area contributed by atoms with Crippen LogP contribution in [-0.2, 0) is 14.9 Å². The van der Waals surface area contributed by atoms with Crippen molar-refractivity contribution in [3.05, 3.63) is 34.3 Å². The number of nitrogens with one attached hydrogen (secondary N) is 1. The van der Waals surface area contributed by atoms with E-state index in [1.165, 1.54) is 0 Å². The van der Waals surface area contributed by atoms with Crippen LogP contribution in [0.2, 0.25) is 0 Å². The first-order valence-corrected chi connectivity index (χ1v) is 7.32. The summed E-state index contributed by atoms with van der Waals surface area (Å²) < 4.78 is 41.0. The lowest BCUT2D eigenvalue weighted by molar-refractivity contribution is -0.173. The van der Waals surface area contributed by atoms with Crippen LogP contribution in [0.1, 0.15) is 18.4 Å². The molecule has 21 heavy (non-hydrogen) atoms. The van der Waals surface area contributed by atoms with Gasteiger partial charge >= 0.3 is 6.18 Å². The van der Waals surface area contributed by atoms with E-state index in [-0.39, 0.29) is 19.1 Å². The Labute approximate surface area is 129 Å². The molecule has 1 N–H and O–H groups in total. The highest BCUT2D eigenvalue weighted by atomic mass is 79.9. The van der Waals surface area contributed by atoms with Crippen LogP contribution < -0.4 is 5.32 Å². The van der Waals surface area contributed by atoms with Crippen molar-refractivity contribution in [3.8, 4) is 0 Å². The maximum Gasteiger partial charge on any atom is 0.411 e. The number of amides is 1. The van der Waals surface area contributed by atoms with Gasteiger partial charge in [0.2, 0.25) is 5.91 Å². The van der Waals surface area contributed by atoms with Crippen LogP contribution >= 0.6 is 15.9 Å². The minimum atomic E-state index is -4.33. The molecule has 116 valence electrons. The number of ether oxygens (including phenoxy) is 1. The van der Waals surface area contributed by atoms with Crippen molar-refractivity contribution < 1.29 is 22.7 Å². The summed E-state index contributed by atoms with van der Waals surface area (Å²) in [6.07, 6.45) is -2.83. The predicted molar refractivity (Wildman–Crippen MR) is 74.9 cm³/mol. The van der Waals surface area contributed by atoms with E-state index in [1.807, 2.05) is 24.3 Å². The van der Waals surface area contributed by atoms with E-state index in [4.69, 9.17) is 0 Å². The molecule has 0 aliphatic heterocycles. The standard InChI is InChI=1S/C14H15BrF3NO2/c15-11-3-1-10(2-4-11)13(5-6-13)12(20)19-7-8-21-9-14(16,17)18/h1-4H,5-9H2,(H,19,20). The Morgan fingerprint density at radius 3 is 2.43 bits per heavy atom. The third-order valence-electron chi connectivity index (χ3n) is 3.38. The average Bonchev–Trinajstić information content (AvgIpc) is 3.19. The van der Waals surface area contributed by atoms with Crippen molar-refractivity contribution in [3.63, 3.8) is 0 Å². The number of hydrogen-bond acceptors (Lipinski definition) is 2. The third kappa shape index (κ3) is 4.44. The smallest absolute Gasteiger partial charge is 0.370 e. The van der Waals surface area contributed by atoms with Crippen LogP contribution in [0, 0.1) is 0 Å². The van der Waals surface area contributed by atoms with Gasteiger partial charge in [0.25, 0.3) is 0 Å². The van der Waals surface area contributed by atoms with E-state index >= 15 is 0 Å². The highest BCUT2D eigenvalue weighted by Crippen LogP contribution is 2.48. The maximum atomic E-state index is 12.2. The molecule has 1 saturated carbocycles. The molecule has 1 aliphatic carbocycles. The first-order valence-electron chi connectivity index (χ1n) is 6.52. The Kier molecular flexibility index (Phi) is 4.93. The second kappa shape index (κ2) is 6.36. The zero-order chi connectivity index (χ0) is 15.5. The van der Waals surface area contributed by atoms with Crippen molar-refractivity contribution in [2.75, 3.05) is 19.8 Å². The molecule has 2 rings (SSSR count). The fourth-order valence-electron chi connectivity index (χ4n) is 2.13. The van der Waals surface area contributed by atoms with E-state index in [1.54, 1.807) is 0 Å². The summed E-state index contributed by atoms with van der Waals surface area (Å²) in [5, 5.41) is 2.64. The molecule has 0 unspecified atom stereocenters. The summed E-state index contributed by atoms with van der Waals surface area (Å²) in [5.74, 6) is -0.152. The molecule has 1 amide bonds. The lowest BCUT2D eigenvalue weighted by Crippen LogP contribution is -2.37. The normalized spacial score (nSPS) is 16.6. The summed E-state index contributed by atoms with van der Waals surface area (Å²) in [6.45, 7) is -1.37. The molecular weight excluding hydrogens is 351 g/mol. The van der Waals surface area contributed by atoms with Gasteiger partial charge in [-0.1, -0.05) is 28.1 Å². The Hall–Kier alpha value is -1.08. The van der Waals surface area contributed by atoms with Gasteiger partial charge in [0.1, 0.15) is 6.61 Å². The quantitative estimate of drug-likeness (QED) is 0.786. The van der Waals surface area contributed by atoms with Crippen LogP contribution in [0.3, 0.4) is 0 Å². The minimum Gasteiger partial charge on any atom is -0.370 e. The molecule has 0 bridgehead atoms. The molecule has 3 nitrogen and oxygen atoms in total. The molecule has 1 aromatic carbocycles. The van der Waals surface area contributed by atoms with Crippen LogP contribution in [0.4, 0.5) is 13.2 Å². The predicted octanol–water partition coefficient (Wildman–Crippen LogP) is 3.18. The van der Waals surface area contributed by atoms with E-state index < -0.39 is 18.2 Å². The minimum absolute atomic E-state index is 0.0766. The molecule has 7 heteroatoms. The summed E-state index contributed by atoms with van der Waals surface area (Å²) in [4.78, 5) is 12.2. The molecule has 0 spiro atoms. The van der Waals surface area contributed by atoms with Crippen LogP contribution in [0.5, 0.6) is 0 Å². The highest BCUT2D eigenvalue weighted by molar-refractivity contribution is 9.10. The van der Waals surface area contributed by atoms with Crippen LogP contribution in [0.25, 0.3) is 0 Å². The van der Waals surface area contributed by atoms with Crippen molar-refractivity contribution in [2.45, 2.75) is 24.4 Å². The molecular formula is C14H15BrF3NO2. The lowest BCUT2D eigenvalue weighted by atomic mass is 9.95. The topological polar surface area (TPSA) is 38.3 Å². The Bertz CT molecular complexity index is 498. The zero-order valence-corrected chi connectivity index (χ0v) is 12.8. The monoisotopic (exact) mass is 365 g/mol. The molecule has 1 aliphatic rings. The summed E-state index contributed by atoms with van der Waals surface area (Å²) in [6, 6.07) is 7.51. The second-order valence-corrected chi connectivity index (χ2v) is 5.93. The molecule has 0 aromatic heterocycles. The molecule has 0 radical (unpaired) electrons. The van der Waals surface area contributed by atoms with E-state index in [0.717, 1.165) is 22.9 Å². The van der Waals surface area contributed by atoms with Gasteiger partial charge in [0.05, 0.1) is 12.0 Å². The molecule has 1 fully saturated rings. The van der Waals surface area contributed by atoms with Crippen LogP contribution in [0.15, 0.2) is 28.7 Å². The number of alkyl halides is 3. The molecule has 0 saturated heterocycles. The number of benzene rings is 1. The number of carbonyl (C=O) groups is 1. The third-order valence-corrected chi connectivity index (χ3v) is 3.91. The van der Waals surface area contributed by atoms with Crippen molar-refractivity contribution in [1.82, 2.24) is 5.32 Å². The van der Waals surface area contributed by atoms with Gasteiger partial charge in [-0.3, -0.25) is 4.79 Å². The largest absolute Gasteiger partial charge is 0.411 e.